The summed E-state index contributed by atoms with van der Waals surface area (Å²) in [5.74, 6) is 0.245. The summed E-state index contributed by atoms with van der Waals surface area (Å²) in [6.07, 6.45) is 1.77. The van der Waals surface area contributed by atoms with Crippen molar-refractivity contribution in [1.82, 2.24) is 10.2 Å². The van der Waals surface area contributed by atoms with Crippen molar-refractivity contribution < 1.29 is 4.79 Å². The van der Waals surface area contributed by atoms with Crippen molar-refractivity contribution in [2.24, 2.45) is 5.92 Å². The molecule has 3 rings (SSSR count). The molecule has 0 radical (unpaired) electrons. The second kappa shape index (κ2) is 9.90. The van der Waals surface area contributed by atoms with Gasteiger partial charge in [-0.05, 0) is 61.8 Å². The Kier molecular flexibility index (Phi) is 7.57. The van der Waals surface area contributed by atoms with Gasteiger partial charge in [0.2, 0.25) is 0 Å². The molecule has 1 heterocycles. The van der Waals surface area contributed by atoms with E-state index in [0.29, 0.717) is 15.6 Å². The summed E-state index contributed by atoms with van der Waals surface area (Å²) in [7, 11) is 0. The van der Waals surface area contributed by atoms with Gasteiger partial charge in [0.15, 0.2) is 5.78 Å². The molecule has 1 fully saturated rings. The maximum atomic E-state index is 12.7. The van der Waals surface area contributed by atoms with Gasteiger partial charge in [-0.15, -0.1) is 0 Å². The summed E-state index contributed by atoms with van der Waals surface area (Å²) in [5.41, 5.74) is 1.89. The average molecular weight is 426 g/mol. The van der Waals surface area contributed by atoms with Crippen molar-refractivity contribution in [2.45, 2.75) is 19.4 Å². The van der Waals surface area contributed by atoms with Crippen molar-refractivity contribution in [3.63, 3.8) is 0 Å². The van der Waals surface area contributed by atoms with E-state index in [1.807, 2.05) is 24.3 Å². The van der Waals surface area contributed by atoms with Gasteiger partial charge in [0.1, 0.15) is 0 Å². The van der Waals surface area contributed by atoms with Crippen LogP contribution in [0.4, 0.5) is 0 Å². The van der Waals surface area contributed by atoms with Gasteiger partial charge in [0, 0.05) is 36.1 Å². The lowest BCUT2D eigenvalue weighted by Gasteiger charge is -2.31. The maximum absolute atomic E-state index is 12.7. The molecule has 0 aliphatic carbocycles. The van der Waals surface area contributed by atoms with E-state index < -0.39 is 0 Å². The molecule has 144 valence electrons. The zero-order valence-corrected chi connectivity index (χ0v) is 17.3. The van der Waals surface area contributed by atoms with E-state index in [1.165, 1.54) is 5.56 Å². The van der Waals surface area contributed by atoms with E-state index in [-0.39, 0.29) is 11.7 Å². The average Bonchev–Trinajstić information content (AvgIpc) is 2.69. The van der Waals surface area contributed by atoms with Crippen molar-refractivity contribution in [1.29, 1.82) is 0 Å². The fourth-order valence-corrected chi connectivity index (χ4v) is 3.80. The number of nitrogens with zero attached hydrogens (tertiary/aromatic N) is 1. The predicted molar refractivity (Wildman–Crippen MR) is 113 cm³/mol. The van der Waals surface area contributed by atoms with Gasteiger partial charge in [-0.25, -0.2) is 0 Å². The number of rotatable bonds is 7. The number of ketones is 1. The zero-order valence-electron chi connectivity index (χ0n) is 15.1. The largest absolute Gasteiger partial charge is 0.311 e. The molecule has 1 aliphatic heterocycles. The van der Waals surface area contributed by atoms with Crippen LogP contribution in [0.15, 0.2) is 42.5 Å². The van der Waals surface area contributed by atoms with Crippen LogP contribution in [0.3, 0.4) is 0 Å². The van der Waals surface area contributed by atoms with E-state index in [9.17, 15) is 4.79 Å². The van der Waals surface area contributed by atoms with Gasteiger partial charge in [0.05, 0.1) is 10.0 Å². The molecule has 1 N–H and O–H groups in total. The number of halogens is 3. The van der Waals surface area contributed by atoms with Crippen LogP contribution in [0.25, 0.3) is 0 Å². The number of hydrogen-bond donors (Lipinski definition) is 1. The highest BCUT2D eigenvalue weighted by atomic mass is 35.5. The van der Waals surface area contributed by atoms with Gasteiger partial charge in [-0.1, -0.05) is 46.9 Å². The first kappa shape index (κ1) is 20.6. The summed E-state index contributed by atoms with van der Waals surface area (Å²) in [4.78, 5) is 15.1. The summed E-state index contributed by atoms with van der Waals surface area (Å²) in [6.45, 7) is 4.64. The van der Waals surface area contributed by atoms with Crippen LogP contribution in [0, 0.1) is 5.92 Å². The third-order valence-electron chi connectivity index (χ3n) is 5.01. The minimum atomic E-state index is 0.0699. The number of carbonyl (C=O) groups is 1. The quantitative estimate of drug-likeness (QED) is 0.480. The fourth-order valence-electron chi connectivity index (χ4n) is 3.38. The number of piperidine rings is 1. The minimum absolute atomic E-state index is 0.0699. The number of benzene rings is 2. The number of carbonyl (C=O) groups excluding carboxylic acids is 1. The van der Waals surface area contributed by atoms with Crippen molar-refractivity contribution in [3.8, 4) is 0 Å². The van der Waals surface area contributed by atoms with Gasteiger partial charge < -0.3 is 10.2 Å². The SMILES string of the molecule is O=C(c1ccc(Cl)c(Cl)c1)C1CCN(CCNCc2ccc(Cl)cc2)CC1. The number of likely N-dealkylation sites (tertiary alicyclic amines) is 1. The van der Waals surface area contributed by atoms with Gasteiger partial charge in [0.25, 0.3) is 0 Å². The summed E-state index contributed by atoms with van der Waals surface area (Å²) >= 11 is 17.9. The topological polar surface area (TPSA) is 32.3 Å². The molecule has 1 aliphatic rings. The summed E-state index contributed by atoms with van der Waals surface area (Å²) in [6, 6.07) is 13.0. The molecule has 0 atom stereocenters. The third-order valence-corrected chi connectivity index (χ3v) is 6.00. The third kappa shape index (κ3) is 5.94. The van der Waals surface area contributed by atoms with Crippen LogP contribution < -0.4 is 5.32 Å². The lowest BCUT2D eigenvalue weighted by atomic mass is 9.89. The Morgan fingerprint density at radius 1 is 1.00 bits per heavy atom. The predicted octanol–water partition coefficient (Wildman–Crippen LogP) is 5.33. The molecular formula is C21H23Cl3N2O. The van der Waals surface area contributed by atoms with E-state index in [2.05, 4.69) is 10.2 Å². The monoisotopic (exact) mass is 424 g/mol. The summed E-state index contributed by atoms with van der Waals surface area (Å²) in [5, 5.41) is 5.14. The second-order valence-electron chi connectivity index (χ2n) is 6.91. The van der Waals surface area contributed by atoms with E-state index >= 15 is 0 Å². The molecule has 0 amide bonds. The lowest BCUT2D eigenvalue weighted by Crippen LogP contribution is -2.39. The Hall–Kier alpha value is -1.10. The van der Waals surface area contributed by atoms with Crippen LogP contribution in [0.5, 0.6) is 0 Å². The van der Waals surface area contributed by atoms with E-state index in [4.69, 9.17) is 34.8 Å². The molecule has 0 saturated carbocycles. The van der Waals surface area contributed by atoms with E-state index in [0.717, 1.165) is 50.6 Å². The van der Waals surface area contributed by atoms with Crippen LogP contribution in [0.2, 0.25) is 15.1 Å². The van der Waals surface area contributed by atoms with Gasteiger partial charge >= 0.3 is 0 Å². The highest BCUT2D eigenvalue weighted by Gasteiger charge is 2.25. The lowest BCUT2D eigenvalue weighted by molar-refractivity contribution is 0.0841. The highest BCUT2D eigenvalue weighted by molar-refractivity contribution is 6.42. The zero-order chi connectivity index (χ0) is 19.2. The first-order valence-electron chi connectivity index (χ1n) is 9.19. The highest BCUT2D eigenvalue weighted by Crippen LogP contribution is 2.26. The molecular weight excluding hydrogens is 403 g/mol. The van der Waals surface area contributed by atoms with Crippen LogP contribution in [0.1, 0.15) is 28.8 Å². The normalized spacial score (nSPS) is 15.8. The Labute approximate surface area is 175 Å². The molecule has 2 aromatic carbocycles. The van der Waals surface area contributed by atoms with Gasteiger partial charge in [-0.2, -0.15) is 0 Å². The molecule has 3 nitrogen and oxygen atoms in total. The van der Waals surface area contributed by atoms with Crippen LogP contribution >= 0.6 is 34.8 Å². The Bertz CT molecular complexity index is 771. The minimum Gasteiger partial charge on any atom is -0.311 e. The Balaban J connectivity index is 1.39. The fraction of sp³-hybridized carbons (Fsp3) is 0.381. The van der Waals surface area contributed by atoms with Crippen LogP contribution in [-0.2, 0) is 6.54 Å². The van der Waals surface area contributed by atoms with Gasteiger partial charge in [-0.3, -0.25) is 4.79 Å². The molecule has 0 spiro atoms. The van der Waals surface area contributed by atoms with Crippen molar-refractivity contribution in [3.05, 3.63) is 68.7 Å². The molecule has 6 heteroatoms. The van der Waals surface area contributed by atoms with E-state index in [1.54, 1.807) is 18.2 Å². The maximum Gasteiger partial charge on any atom is 0.166 e. The standard InChI is InChI=1S/C21H23Cl3N2O/c22-18-4-1-15(2-5-18)14-25-9-12-26-10-7-16(8-11-26)21(27)17-3-6-19(23)20(24)13-17/h1-6,13,16,25H,7-12,14H2. The molecule has 0 bridgehead atoms. The number of hydrogen-bond acceptors (Lipinski definition) is 3. The van der Waals surface area contributed by atoms with Crippen LogP contribution in [-0.4, -0.2) is 36.9 Å². The smallest absolute Gasteiger partial charge is 0.166 e. The number of Topliss-reactive ketones (excluding diaryl/α,β-unsaturated/α-hetero) is 1. The Morgan fingerprint density at radius 3 is 2.37 bits per heavy atom. The molecule has 0 unspecified atom stereocenters. The molecule has 1 saturated heterocycles. The summed E-state index contributed by atoms with van der Waals surface area (Å²) < 4.78 is 0. The number of nitrogens with one attached hydrogen (secondary N) is 1. The second-order valence-corrected chi connectivity index (χ2v) is 8.16. The first-order valence-corrected chi connectivity index (χ1v) is 10.3. The Morgan fingerprint density at radius 2 is 1.70 bits per heavy atom. The molecule has 0 aromatic heterocycles. The van der Waals surface area contributed by atoms with Crippen molar-refractivity contribution >= 4 is 40.6 Å². The first-order chi connectivity index (χ1) is 13.0. The molecule has 27 heavy (non-hydrogen) atoms. The molecule has 2 aromatic rings. The van der Waals surface area contributed by atoms with Crippen molar-refractivity contribution in [2.75, 3.05) is 26.2 Å².